The monoisotopic (exact) mass is 409 g/mol. The molecule has 0 saturated carbocycles. The zero-order valence-electron chi connectivity index (χ0n) is 17.4. The van der Waals surface area contributed by atoms with Crippen LogP contribution in [0.4, 0.5) is 0 Å². The largest absolute Gasteiger partial charge is 0.497 e. The first-order valence-electron chi connectivity index (χ1n) is 10.3. The average Bonchev–Trinajstić information content (AvgIpc) is 3.22. The van der Waals surface area contributed by atoms with Crippen molar-refractivity contribution in [3.8, 4) is 17.0 Å². The van der Waals surface area contributed by atoms with E-state index in [-0.39, 0.29) is 12.0 Å². The van der Waals surface area contributed by atoms with Crippen LogP contribution in [0.5, 0.6) is 5.75 Å². The molecule has 0 radical (unpaired) electrons. The summed E-state index contributed by atoms with van der Waals surface area (Å²) >= 11 is 0. The number of carbonyl (C=O) groups is 1. The van der Waals surface area contributed by atoms with E-state index in [2.05, 4.69) is 39.4 Å². The van der Waals surface area contributed by atoms with E-state index in [1.165, 1.54) is 0 Å². The first-order chi connectivity index (χ1) is 14.7. The smallest absolute Gasteiger partial charge is 0.307 e. The summed E-state index contributed by atoms with van der Waals surface area (Å²) in [4.78, 5) is 14.3. The van der Waals surface area contributed by atoms with Gasteiger partial charge >= 0.3 is 5.97 Å². The molecule has 0 bridgehead atoms. The lowest BCUT2D eigenvalue weighted by atomic mass is 10.0. The number of esters is 1. The first kappa shape index (κ1) is 20.4. The van der Waals surface area contributed by atoms with Crippen LogP contribution in [0.25, 0.3) is 22.0 Å². The lowest BCUT2D eigenvalue weighted by molar-refractivity contribution is -0.146. The fourth-order valence-electron chi connectivity index (χ4n) is 3.90. The predicted molar refractivity (Wildman–Crippen MR) is 114 cm³/mol. The van der Waals surface area contributed by atoms with Gasteiger partial charge in [0.05, 0.1) is 45.2 Å². The van der Waals surface area contributed by atoms with E-state index < -0.39 is 0 Å². The van der Waals surface area contributed by atoms with Crippen LogP contribution in [-0.4, -0.2) is 60.6 Å². The summed E-state index contributed by atoms with van der Waals surface area (Å²) in [5, 5.41) is 9.71. The molecule has 1 atom stereocenters. The molecule has 4 rings (SSSR count). The van der Waals surface area contributed by atoms with Crippen LogP contribution in [0.3, 0.4) is 0 Å². The Kier molecular flexibility index (Phi) is 6.30. The van der Waals surface area contributed by atoms with Crippen molar-refractivity contribution in [2.75, 3.05) is 33.5 Å². The van der Waals surface area contributed by atoms with E-state index >= 15 is 0 Å². The average molecular weight is 409 g/mol. The van der Waals surface area contributed by atoms with Crippen LogP contribution in [0.2, 0.25) is 0 Å². The summed E-state index contributed by atoms with van der Waals surface area (Å²) < 4.78 is 16.1. The van der Waals surface area contributed by atoms with Crippen LogP contribution >= 0.6 is 0 Å². The Labute approximate surface area is 175 Å². The van der Waals surface area contributed by atoms with Gasteiger partial charge in [-0.15, -0.1) is 0 Å². The Morgan fingerprint density at radius 2 is 2.10 bits per heavy atom. The Hall–Kier alpha value is -2.90. The molecule has 1 fully saturated rings. The van der Waals surface area contributed by atoms with E-state index in [1.807, 2.05) is 25.3 Å². The van der Waals surface area contributed by atoms with Gasteiger partial charge < -0.3 is 14.2 Å². The van der Waals surface area contributed by atoms with Gasteiger partial charge in [-0.3, -0.25) is 14.8 Å². The first-order valence-corrected chi connectivity index (χ1v) is 10.3. The molecule has 1 aliphatic rings. The van der Waals surface area contributed by atoms with E-state index in [0.29, 0.717) is 32.8 Å². The number of ether oxygens (including phenoxy) is 3. The number of aromatic nitrogens is 2. The number of nitrogens with one attached hydrogen (secondary N) is 1. The highest BCUT2D eigenvalue weighted by molar-refractivity contribution is 5.88. The molecule has 3 aromatic rings. The van der Waals surface area contributed by atoms with Gasteiger partial charge in [0.2, 0.25) is 0 Å². The molecule has 2 heterocycles. The maximum absolute atomic E-state index is 12.0. The normalized spacial score (nSPS) is 17.2. The number of hydrogen-bond acceptors (Lipinski definition) is 6. The number of fused-ring (bicyclic) bond motifs is 1. The molecular weight excluding hydrogens is 382 g/mol. The molecule has 30 heavy (non-hydrogen) atoms. The molecule has 1 saturated heterocycles. The minimum atomic E-state index is -0.185. The van der Waals surface area contributed by atoms with Gasteiger partial charge in [-0.2, -0.15) is 5.10 Å². The van der Waals surface area contributed by atoms with Gasteiger partial charge in [0, 0.05) is 30.3 Å². The molecule has 1 aliphatic heterocycles. The number of morpholine rings is 1. The van der Waals surface area contributed by atoms with Crippen molar-refractivity contribution in [2.24, 2.45) is 0 Å². The third-order valence-electron chi connectivity index (χ3n) is 5.48. The number of hydrogen-bond donors (Lipinski definition) is 1. The Balaban J connectivity index is 1.55. The van der Waals surface area contributed by atoms with Crippen molar-refractivity contribution in [1.82, 2.24) is 15.1 Å². The van der Waals surface area contributed by atoms with Crippen LogP contribution in [0.15, 0.2) is 42.6 Å². The van der Waals surface area contributed by atoms with Crippen LogP contribution in [-0.2, 0) is 20.8 Å². The molecule has 1 N–H and O–H groups in total. The number of benzene rings is 2. The molecule has 1 aromatic heterocycles. The van der Waals surface area contributed by atoms with E-state index in [0.717, 1.165) is 39.9 Å². The number of H-pyrrole nitrogens is 1. The summed E-state index contributed by atoms with van der Waals surface area (Å²) in [6, 6.07) is 12.4. The maximum atomic E-state index is 12.0. The molecular formula is C23H27N3O4. The molecule has 7 heteroatoms. The summed E-state index contributed by atoms with van der Waals surface area (Å²) in [7, 11) is 1.67. The predicted octanol–water partition coefficient (Wildman–Crippen LogP) is 3.39. The van der Waals surface area contributed by atoms with Gasteiger partial charge in [0.1, 0.15) is 5.75 Å². The fourth-order valence-corrected chi connectivity index (χ4v) is 3.90. The van der Waals surface area contributed by atoms with E-state index in [4.69, 9.17) is 14.2 Å². The van der Waals surface area contributed by atoms with Gasteiger partial charge in [0.25, 0.3) is 0 Å². The lowest BCUT2D eigenvalue weighted by Gasteiger charge is -2.35. The van der Waals surface area contributed by atoms with Gasteiger partial charge in [-0.05, 0) is 35.9 Å². The van der Waals surface area contributed by atoms with Gasteiger partial charge in [0.15, 0.2) is 0 Å². The molecule has 0 amide bonds. The minimum absolute atomic E-state index is 0.00428. The second-order valence-electron chi connectivity index (χ2n) is 7.41. The number of aromatic amines is 1. The van der Waals surface area contributed by atoms with Gasteiger partial charge in [-0.25, -0.2) is 0 Å². The van der Waals surface area contributed by atoms with Crippen molar-refractivity contribution in [2.45, 2.75) is 25.9 Å². The number of carbonyl (C=O) groups excluding carboxylic acids is 1. The van der Waals surface area contributed by atoms with Crippen LogP contribution in [0, 0.1) is 0 Å². The van der Waals surface area contributed by atoms with E-state index in [9.17, 15) is 4.79 Å². The number of rotatable bonds is 7. The molecule has 2 aromatic carbocycles. The molecule has 7 nitrogen and oxygen atoms in total. The highest BCUT2D eigenvalue weighted by Crippen LogP contribution is 2.29. The van der Waals surface area contributed by atoms with Crippen molar-refractivity contribution >= 4 is 16.7 Å². The third-order valence-corrected chi connectivity index (χ3v) is 5.48. The Morgan fingerprint density at radius 3 is 2.93 bits per heavy atom. The van der Waals surface area contributed by atoms with Gasteiger partial charge in [-0.1, -0.05) is 18.2 Å². The van der Waals surface area contributed by atoms with Crippen LogP contribution in [0.1, 0.15) is 18.9 Å². The zero-order valence-corrected chi connectivity index (χ0v) is 17.4. The zero-order chi connectivity index (χ0) is 20.9. The summed E-state index contributed by atoms with van der Waals surface area (Å²) in [6.45, 7) is 4.87. The third kappa shape index (κ3) is 4.47. The second kappa shape index (κ2) is 9.28. The van der Waals surface area contributed by atoms with Crippen molar-refractivity contribution < 1.29 is 19.0 Å². The highest BCUT2D eigenvalue weighted by Gasteiger charge is 2.27. The minimum Gasteiger partial charge on any atom is -0.497 e. The standard InChI is InChI=1S/C23H27N3O4/c1-3-30-22(27)12-20-15-29-9-8-26(20)14-19-13-24-25-23(19)18-5-4-17-11-21(28-2)7-6-16(17)10-18/h4-7,10-11,13,20H,3,8-9,12,14-15H2,1-2H3,(H,24,25)/t20-/m0/s1. The van der Waals surface area contributed by atoms with Crippen LogP contribution < -0.4 is 4.74 Å². The summed E-state index contributed by atoms with van der Waals surface area (Å²) in [5.41, 5.74) is 3.17. The molecule has 0 spiro atoms. The van der Waals surface area contributed by atoms with Crippen molar-refractivity contribution in [3.63, 3.8) is 0 Å². The number of nitrogens with zero attached hydrogens (tertiary/aromatic N) is 2. The topological polar surface area (TPSA) is 76.7 Å². The SMILES string of the molecule is CCOC(=O)C[C@H]1COCCN1Cc1cn[nH]c1-c1ccc2cc(OC)ccc2c1. The molecule has 0 aliphatic carbocycles. The summed E-state index contributed by atoms with van der Waals surface area (Å²) in [5.74, 6) is 0.660. The Bertz CT molecular complexity index is 1020. The molecule has 0 unspecified atom stereocenters. The second-order valence-corrected chi connectivity index (χ2v) is 7.41. The number of methoxy groups -OCH3 is 1. The van der Waals surface area contributed by atoms with Crippen molar-refractivity contribution in [3.05, 3.63) is 48.2 Å². The highest BCUT2D eigenvalue weighted by atomic mass is 16.5. The van der Waals surface area contributed by atoms with Crippen molar-refractivity contribution in [1.29, 1.82) is 0 Å². The fraction of sp³-hybridized carbons (Fsp3) is 0.391. The molecule has 158 valence electrons. The maximum Gasteiger partial charge on any atom is 0.307 e. The quantitative estimate of drug-likeness (QED) is 0.603. The Morgan fingerprint density at radius 1 is 1.27 bits per heavy atom. The lowest BCUT2D eigenvalue weighted by Crippen LogP contribution is -2.46. The summed E-state index contributed by atoms with van der Waals surface area (Å²) in [6.07, 6.45) is 2.20. The van der Waals surface area contributed by atoms with E-state index in [1.54, 1.807) is 7.11 Å².